The largest absolute Gasteiger partial charge is 0.377 e. The molecule has 0 saturated carbocycles. The predicted molar refractivity (Wildman–Crippen MR) is 87.4 cm³/mol. The van der Waals surface area contributed by atoms with E-state index in [9.17, 15) is 0 Å². The molecule has 0 amide bonds. The highest BCUT2D eigenvalue weighted by Crippen LogP contribution is 2.52. The van der Waals surface area contributed by atoms with E-state index in [1.807, 2.05) is 0 Å². The number of fused-ring (bicyclic) bond motifs is 1. The number of hydrogen-bond donors (Lipinski definition) is 1. The Labute approximate surface area is 127 Å². The number of ether oxygens (including phenoxy) is 1. The summed E-state index contributed by atoms with van der Waals surface area (Å²) in [6.07, 6.45) is 0.102. The fraction of sp³-hybridized carbons (Fsp3) is 0.368. The zero-order valence-electron chi connectivity index (χ0n) is 13.0. The molecule has 1 heterocycles. The van der Waals surface area contributed by atoms with Crippen LogP contribution in [0.5, 0.6) is 0 Å². The van der Waals surface area contributed by atoms with E-state index in [0.717, 1.165) is 6.61 Å². The highest BCUT2D eigenvalue weighted by atomic mass is 16.5. The molecule has 3 rings (SSSR count). The third-order valence-corrected chi connectivity index (χ3v) is 4.43. The van der Waals surface area contributed by atoms with E-state index in [1.165, 1.54) is 16.8 Å². The third-order valence-electron chi connectivity index (χ3n) is 4.43. The molecule has 2 aromatic carbocycles. The molecule has 1 N–H and O–H groups in total. The van der Waals surface area contributed by atoms with E-state index in [4.69, 9.17) is 4.74 Å². The molecule has 110 valence electrons. The van der Waals surface area contributed by atoms with Gasteiger partial charge in [0.15, 0.2) is 0 Å². The molecule has 1 aliphatic heterocycles. The smallest absolute Gasteiger partial charge is 0.0918 e. The van der Waals surface area contributed by atoms with Crippen LogP contribution < -0.4 is 5.32 Å². The van der Waals surface area contributed by atoms with Crippen LogP contribution in [0.2, 0.25) is 0 Å². The summed E-state index contributed by atoms with van der Waals surface area (Å²) >= 11 is 0. The van der Waals surface area contributed by atoms with Crippen molar-refractivity contribution in [3.05, 3.63) is 65.7 Å². The molecule has 0 spiro atoms. The Morgan fingerprint density at radius 2 is 1.67 bits per heavy atom. The number of hydrogen-bond acceptors (Lipinski definition) is 2. The minimum absolute atomic E-state index is 0.0221. The third kappa shape index (κ3) is 2.44. The summed E-state index contributed by atoms with van der Waals surface area (Å²) < 4.78 is 6.14. The SMILES string of the molecule is CCO[C@H]1c2ccccc2N[C@@H](c2ccccc2)C1(C)C. The minimum Gasteiger partial charge on any atom is -0.377 e. The number of anilines is 1. The first-order valence-electron chi connectivity index (χ1n) is 7.66. The average molecular weight is 281 g/mol. The molecule has 2 nitrogen and oxygen atoms in total. The zero-order chi connectivity index (χ0) is 14.9. The van der Waals surface area contributed by atoms with Crippen LogP contribution >= 0.6 is 0 Å². The van der Waals surface area contributed by atoms with Crippen LogP contribution in [-0.4, -0.2) is 6.61 Å². The molecule has 0 radical (unpaired) electrons. The zero-order valence-corrected chi connectivity index (χ0v) is 13.0. The van der Waals surface area contributed by atoms with Gasteiger partial charge >= 0.3 is 0 Å². The normalized spacial score (nSPS) is 23.2. The summed E-state index contributed by atoms with van der Waals surface area (Å²) in [5.41, 5.74) is 3.73. The Morgan fingerprint density at radius 3 is 2.38 bits per heavy atom. The van der Waals surface area contributed by atoms with Gasteiger partial charge in [0.1, 0.15) is 0 Å². The van der Waals surface area contributed by atoms with Gasteiger partial charge in [0.05, 0.1) is 12.1 Å². The van der Waals surface area contributed by atoms with Crippen molar-refractivity contribution in [2.24, 2.45) is 5.41 Å². The molecule has 0 saturated heterocycles. The van der Waals surface area contributed by atoms with Gasteiger partial charge in [-0.15, -0.1) is 0 Å². The lowest BCUT2D eigenvalue weighted by atomic mass is 9.70. The van der Waals surface area contributed by atoms with Crippen LogP contribution in [0.4, 0.5) is 5.69 Å². The summed E-state index contributed by atoms with van der Waals surface area (Å²) in [6.45, 7) is 7.37. The first kappa shape index (κ1) is 14.2. The Morgan fingerprint density at radius 1 is 1.00 bits per heavy atom. The van der Waals surface area contributed by atoms with Crippen LogP contribution in [-0.2, 0) is 4.74 Å². The molecule has 21 heavy (non-hydrogen) atoms. The van der Waals surface area contributed by atoms with Crippen molar-refractivity contribution in [3.63, 3.8) is 0 Å². The van der Waals surface area contributed by atoms with Gasteiger partial charge in [-0.3, -0.25) is 0 Å². The van der Waals surface area contributed by atoms with Gasteiger partial charge in [0.2, 0.25) is 0 Å². The summed E-state index contributed by atoms with van der Waals surface area (Å²) in [7, 11) is 0. The van der Waals surface area contributed by atoms with Crippen molar-refractivity contribution >= 4 is 5.69 Å². The van der Waals surface area contributed by atoms with Gasteiger partial charge in [-0.2, -0.15) is 0 Å². The first-order chi connectivity index (χ1) is 10.1. The fourth-order valence-electron chi connectivity index (χ4n) is 3.38. The predicted octanol–water partition coefficient (Wildman–Crippen LogP) is 4.96. The lowest BCUT2D eigenvalue weighted by molar-refractivity contribution is -0.0353. The van der Waals surface area contributed by atoms with Crippen molar-refractivity contribution in [3.8, 4) is 0 Å². The van der Waals surface area contributed by atoms with Crippen molar-refractivity contribution < 1.29 is 4.74 Å². The molecular weight excluding hydrogens is 258 g/mol. The fourth-order valence-corrected chi connectivity index (χ4v) is 3.38. The quantitative estimate of drug-likeness (QED) is 0.858. The molecule has 0 aliphatic carbocycles. The Hall–Kier alpha value is -1.80. The second-order valence-electron chi connectivity index (χ2n) is 6.23. The Bertz CT molecular complexity index is 606. The topological polar surface area (TPSA) is 21.3 Å². The van der Waals surface area contributed by atoms with Gasteiger partial charge in [0, 0.05) is 23.3 Å². The monoisotopic (exact) mass is 281 g/mol. The number of para-hydroxylation sites is 1. The molecule has 0 bridgehead atoms. The minimum atomic E-state index is -0.0221. The lowest BCUT2D eigenvalue weighted by Crippen LogP contribution is -2.39. The Balaban J connectivity index is 2.08. The maximum Gasteiger partial charge on any atom is 0.0918 e. The van der Waals surface area contributed by atoms with Crippen molar-refractivity contribution in [2.75, 3.05) is 11.9 Å². The second kappa shape index (κ2) is 5.53. The van der Waals surface area contributed by atoms with E-state index in [0.29, 0.717) is 0 Å². The maximum absolute atomic E-state index is 6.14. The van der Waals surface area contributed by atoms with E-state index in [-0.39, 0.29) is 17.6 Å². The summed E-state index contributed by atoms with van der Waals surface area (Å²) in [6, 6.07) is 19.4. The molecule has 2 atom stereocenters. The first-order valence-corrected chi connectivity index (χ1v) is 7.66. The highest BCUT2D eigenvalue weighted by Gasteiger charge is 2.44. The summed E-state index contributed by atoms with van der Waals surface area (Å²) in [5, 5.41) is 3.71. The molecule has 0 aromatic heterocycles. The molecule has 1 aliphatic rings. The molecule has 2 aromatic rings. The van der Waals surface area contributed by atoms with Crippen molar-refractivity contribution in [1.82, 2.24) is 0 Å². The van der Waals surface area contributed by atoms with Crippen LogP contribution in [0.25, 0.3) is 0 Å². The van der Waals surface area contributed by atoms with E-state index < -0.39 is 0 Å². The van der Waals surface area contributed by atoms with E-state index >= 15 is 0 Å². The van der Waals surface area contributed by atoms with Gasteiger partial charge in [-0.25, -0.2) is 0 Å². The second-order valence-corrected chi connectivity index (χ2v) is 6.23. The van der Waals surface area contributed by atoms with Crippen molar-refractivity contribution in [1.29, 1.82) is 0 Å². The van der Waals surface area contributed by atoms with Crippen LogP contribution in [0, 0.1) is 5.41 Å². The summed E-state index contributed by atoms with van der Waals surface area (Å²) in [5.74, 6) is 0. The van der Waals surface area contributed by atoms with E-state index in [2.05, 4.69) is 80.7 Å². The number of benzene rings is 2. The van der Waals surface area contributed by atoms with Gasteiger partial charge < -0.3 is 10.1 Å². The lowest BCUT2D eigenvalue weighted by Gasteiger charge is -2.46. The average Bonchev–Trinajstić information content (AvgIpc) is 2.50. The molecule has 0 unspecified atom stereocenters. The van der Waals surface area contributed by atoms with Gasteiger partial charge in [-0.05, 0) is 18.6 Å². The molecule has 0 fully saturated rings. The molecule has 2 heteroatoms. The van der Waals surface area contributed by atoms with Gasteiger partial charge in [-0.1, -0.05) is 62.4 Å². The van der Waals surface area contributed by atoms with Crippen LogP contribution in [0.1, 0.15) is 44.0 Å². The van der Waals surface area contributed by atoms with Crippen molar-refractivity contribution in [2.45, 2.75) is 32.9 Å². The van der Waals surface area contributed by atoms with Crippen LogP contribution in [0.3, 0.4) is 0 Å². The Kier molecular flexibility index (Phi) is 3.73. The highest BCUT2D eigenvalue weighted by molar-refractivity contribution is 5.57. The molecular formula is C19H23NO. The standard InChI is InChI=1S/C19H23NO/c1-4-21-18-15-12-8-9-13-16(15)20-17(19(18,2)3)14-10-6-5-7-11-14/h5-13,17-18,20H,4H2,1-3H3/t17-,18-/m0/s1. The van der Waals surface area contributed by atoms with Crippen LogP contribution in [0.15, 0.2) is 54.6 Å². The van der Waals surface area contributed by atoms with E-state index in [1.54, 1.807) is 0 Å². The van der Waals surface area contributed by atoms with Gasteiger partial charge in [0.25, 0.3) is 0 Å². The number of rotatable bonds is 3. The summed E-state index contributed by atoms with van der Waals surface area (Å²) in [4.78, 5) is 0. The number of nitrogens with one attached hydrogen (secondary N) is 1. The maximum atomic E-state index is 6.14.